The van der Waals surface area contributed by atoms with Crippen LogP contribution in [0.1, 0.15) is 43.2 Å². The van der Waals surface area contributed by atoms with Crippen molar-refractivity contribution in [1.29, 1.82) is 0 Å². The first-order valence-electron chi connectivity index (χ1n) is 9.70. The van der Waals surface area contributed by atoms with Crippen molar-refractivity contribution in [3.05, 3.63) is 64.7 Å². The number of benzene rings is 2. The summed E-state index contributed by atoms with van der Waals surface area (Å²) in [6, 6.07) is 16.6. The third kappa shape index (κ3) is 4.61. The van der Waals surface area contributed by atoms with Gasteiger partial charge in [0.1, 0.15) is 0 Å². The number of hydrogen-bond donors (Lipinski definition) is 1. The van der Waals surface area contributed by atoms with E-state index in [2.05, 4.69) is 49.3 Å². The molecule has 0 aliphatic heterocycles. The summed E-state index contributed by atoms with van der Waals surface area (Å²) in [5.74, 6) is 0.316. The Morgan fingerprint density at radius 1 is 1.12 bits per heavy atom. The molecule has 0 aromatic heterocycles. The minimum atomic E-state index is -0.583. The first-order valence-corrected chi connectivity index (χ1v) is 10.1. The van der Waals surface area contributed by atoms with Gasteiger partial charge in [0.2, 0.25) is 0 Å². The summed E-state index contributed by atoms with van der Waals surface area (Å²) in [5, 5.41) is 12.3. The van der Waals surface area contributed by atoms with Crippen molar-refractivity contribution >= 4 is 17.3 Å². The maximum atomic E-state index is 11.5. The molecule has 1 saturated carbocycles. The second-order valence-corrected chi connectivity index (χ2v) is 8.34. The lowest BCUT2D eigenvalue weighted by Crippen LogP contribution is -2.42. The fourth-order valence-electron chi connectivity index (χ4n) is 4.35. The topological polar surface area (TPSA) is 23.5 Å². The van der Waals surface area contributed by atoms with Crippen molar-refractivity contribution in [2.75, 3.05) is 19.0 Å². The fraction of sp³-hybridized carbons (Fsp3) is 0.478. The Bertz CT molecular complexity index is 730. The van der Waals surface area contributed by atoms with Gasteiger partial charge < -0.3 is 10.0 Å². The minimum Gasteiger partial charge on any atom is -0.390 e. The van der Waals surface area contributed by atoms with E-state index in [4.69, 9.17) is 11.6 Å². The highest BCUT2D eigenvalue weighted by Gasteiger charge is 2.38. The van der Waals surface area contributed by atoms with Gasteiger partial charge in [0, 0.05) is 24.8 Å². The standard InChI is InChI=1S/C23H30ClNO/c1-25(2)22-12-4-3-9-19(22)17-20-10-5-6-14-23(20,26)15-13-18-8-7-11-21(24)16-18/h3-4,7-9,11-12,16,20,26H,5-6,10,13-15,17H2,1-2H3. The molecule has 3 heteroatoms. The van der Waals surface area contributed by atoms with Gasteiger partial charge in [-0.3, -0.25) is 0 Å². The van der Waals surface area contributed by atoms with Crippen molar-refractivity contribution in [3.63, 3.8) is 0 Å². The summed E-state index contributed by atoms with van der Waals surface area (Å²) in [4.78, 5) is 2.17. The molecule has 0 bridgehead atoms. The highest BCUT2D eigenvalue weighted by Crippen LogP contribution is 2.40. The Kier molecular flexibility index (Phi) is 6.26. The molecule has 2 aromatic carbocycles. The van der Waals surface area contributed by atoms with E-state index in [9.17, 15) is 5.11 Å². The number of aryl methyl sites for hydroxylation is 1. The van der Waals surface area contributed by atoms with E-state index in [0.717, 1.165) is 43.5 Å². The fourth-order valence-corrected chi connectivity index (χ4v) is 4.57. The van der Waals surface area contributed by atoms with Crippen LogP contribution in [0.3, 0.4) is 0 Å². The van der Waals surface area contributed by atoms with Gasteiger partial charge in [-0.2, -0.15) is 0 Å². The van der Waals surface area contributed by atoms with Gasteiger partial charge in [-0.25, -0.2) is 0 Å². The van der Waals surface area contributed by atoms with E-state index < -0.39 is 5.60 Å². The number of halogens is 1. The Labute approximate surface area is 162 Å². The predicted molar refractivity (Wildman–Crippen MR) is 111 cm³/mol. The first-order chi connectivity index (χ1) is 12.5. The van der Waals surface area contributed by atoms with Crippen LogP contribution in [0.25, 0.3) is 0 Å². The molecule has 2 atom stereocenters. The quantitative estimate of drug-likeness (QED) is 0.724. The average Bonchev–Trinajstić information content (AvgIpc) is 2.63. The third-order valence-electron chi connectivity index (χ3n) is 5.85. The normalized spacial score (nSPS) is 23.0. The number of para-hydroxylation sites is 1. The van der Waals surface area contributed by atoms with Gasteiger partial charge in [0.05, 0.1) is 5.60 Å². The summed E-state index contributed by atoms with van der Waals surface area (Å²) >= 11 is 6.12. The van der Waals surface area contributed by atoms with Crippen LogP contribution in [-0.4, -0.2) is 24.8 Å². The molecule has 1 aliphatic rings. The van der Waals surface area contributed by atoms with Crippen molar-refractivity contribution in [2.45, 2.75) is 50.5 Å². The van der Waals surface area contributed by atoms with Crippen LogP contribution in [0.15, 0.2) is 48.5 Å². The third-order valence-corrected chi connectivity index (χ3v) is 6.08. The van der Waals surface area contributed by atoms with Crippen molar-refractivity contribution in [1.82, 2.24) is 0 Å². The maximum absolute atomic E-state index is 11.5. The van der Waals surface area contributed by atoms with E-state index in [0.29, 0.717) is 5.92 Å². The molecule has 0 heterocycles. The zero-order valence-corrected chi connectivity index (χ0v) is 16.7. The molecule has 2 nitrogen and oxygen atoms in total. The van der Waals surface area contributed by atoms with E-state index in [1.54, 1.807) is 0 Å². The number of anilines is 1. The summed E-state index contributed by atoms with van der Waals surface area (Å²) in [5.41, 5.74) is 3.23. The molecule has 1 aliphatic carbocycles. The van der Waals surface area contributed by atoms with Crippen LogP contribution in [0.5, 0.6) is 0 Å². The predicted octanol–water partition coefficient (Wildman–Crippen LogP) is 5.50. The van der Waals surface area contributed by atoms with Crippen LogP contribution in [0.4, 0.5) is 5.69 Å². The van der Waals surface area contributed by atoms with E-state index in [-0.39, 0.29) is 0 Å². The molecule has 0 amide bonds. The lowest BCUT2D eigenvalue weighted by atomic mass is 9.70. The van der Waals surface area contributed by atoms with Crippen LogP contribution in [0, 0.1) is 5.92 Å². The molecule has 2 aromatic rings. The lowest BCUT2D eigenvalue weighted by molar-refractivity contribution is -0.0544. The number of aliphatic hydroxyl groups is 1. The summed E-state index contributed by atoms with van der Waals surface area (Å²) in [6.07, 6.45) is 6.98. The molecule has 0 spiro atoms. The molecule has 0 saturated heterocycles. The zero-order valence-electron chi connectivity index (χ0n) is 15.9. The van der Waals surface area contributed by atoms with E-state index in [1.807, 2.05) is 18.2 Å². The van der Waals surface area contributed by atoms with Crippen LogP contribution in [0.2, 0.25) is 5.02 Å². The molecular weight excluding hydrogens is 342 g/mol. The SMILES string of the molecule is CN(C)c1ccccc1CC1CCCCC1(O)CCc1cccc(Cl)c1. The second kappa shape index (κ2) is 8.45. The zero-order chi connectivity index (χ0) is 18.6. The highest BCUT2D eigenvalue weighted by atomic mass is 35.5. The van der Waals surface area contributed by atoms with Crippen LogP contribution in [-0.2, 0) is 12.8 Å². The Morgan fingerprint density at radius 3 is 2.69 bits per heavy atom. The van der Waals surface area contributed by atoms with Gasteiger partial charge in [0.15, 0.2) is 0 Å². The Balaban J connectivity index is 1.74. The summed E-state index contributed by atoms with van der Waals surface area (Å²) < 4.78 is 0. The second-order valence-electron chi connectivity index (χ2n) is 7.90. The number of nitrogens with zero attached hydrogens (tertiary/aromatic N) is 1. The lowest BCUT2D eigenvalue weighted by Gasteiger charge is -2.41. The largest absolute Gasteiger partial charge is 0.390 e. The minimum absolute atomic E-state index is 0.316. The van der Waals surface area contributed by atoms with Gasteiger partial charge in [-0.1, -0.05) is 54.8 Å². The molecule has 140 valence electrons. The van der Waals surface area contributed by atoms with E-state index in [1.165, 1.54) is 23.2 Å². The van der Waals surface area contributed by atoms with Crippen molar-refractivity contribution in [2.24, 2.45) is 5.92 Å². The van der Waals surface area contributed by atoms with Gasteiger partial charge in [-0.05, 0) is 67.3 Å². The molecule has 26 heavy (non-hydrogen) atoms. The van der Waals surface area contributed by atoms with Gasteiger partial charge in [-0.15, -0.1) is 0 Å². The average molecular weight is 372 g/mol. The summed E-state index contributed by atoms with van der Waals surface area (Å²) in [7, 11) is 4.18. The van der Waals surface area contributed by atoms with E-state index >= 15 is 0 Å². The molecular formula is C23H30ClNO. The Hall–Kier alpha value is -1.51. The molecule has 1 N–H and O–H groups in total. The maximum Gasteiger partial charge on any atom is 0.0682 e. The van der Waals surface area contributed by atoms with Gasteiger partial charge >= 0.3 is 0 Å². The first kappa shape index (κ1) is 19.3. The van der Waals surface area contributed by atoms with Gasteiger partial charge in [0.25, 0.3) is 0 Å². The monoisotopic (exact) mass is 371 g/mol. The van der Waals surface area contributed by atoms with Crippen molar-refractivity contribution in [3.8, 4) is 0 Å². The summed E-state index contributed by atoms with van der Waals surface area (Å²) in [6.45, 7) is 0. The highest BCUT2D eigenvalue weighted by molar-refractivity contribution is 6.30. The molecule has 2 unspecified atom stereocenters. The number of rotatable bonds is 6. The molecule has 1 fully saturated rings. The van der Waals surface area contributed by atoms with Crippen molar-refractivity contribution < 1.29 is 5.11 Å². The smallest absolute Gasteiger partial charge is 0.0682 e. The number of hydrogen-bond acceptors (Lipinski definition) is 2. The van der Waals surface area contributed by atoms with Crippen LogP contribution >= 0.6 is 11.6 Å². The molecule has 3 rings (SSSR count). The molecule has 0 radical (unpaired) electrons. The van der Waals surface area contributed by atoms with Crippen LogP contribution < -0.4 is 4.90 Å². The Morgan fingerprint density at radius 2 is 1.92 bits per heavy atom.